The van der Waals surface area contributed by atoms with E-state index in [-0.39, 0.29) is 36.0 Å². The Kier molecular flexibility index (Phi) is 5.26. The number of alkyl halides is 5. The van der Waals surface area contributed by atoms with Crippen LogP contribution in [0.2, 0.25) is 0 Å². The second-order valence-electron chi connectivity index (χ2n) is 5.90. The quantitative estimate of drug-likeness (QED) is 0.796. The number of anilines is 1. The number of aryl methyl sites for hydroxylation is 1. The van der Waals surface area contributed by atoms with Crippen molar-refractivity contribution >= 4 is 11.5 Å². The zero-order valence-electron chi connectivity index (χ0n) is 13.1. The van der Waals surface area contributed by atoms with Crippen molar-refractivity contribution in [3.05, 3.63) is 17.5 Å². The summed E-state index contributed by atoms with van der Waals surface area (Å²) < 4.78 is 78.2. The van der Waals surface area contributed by atoms with Crippen LogP contribution in [0.5, 0.6) is 0 Å². The van der Waals surface area contributed by atoms with Gasteiger partial charge in [-0.05, 0) is 12.8 Å². The van der Waals surface area contributed by atoms with Gasteiger partial charge >= 0.3 is 6.18 Å². The Morgan fingerprint density at radius 2 is 1.92 bits per heavy atom. The van der Waals surface area contributed by atoms with Crippen LogP contribution in [0.1, 0.15) is 37.8 Å². The van der Waals surface area contributed by atoms with E-state index in [4.69, 9.17) is 5.73 Å². The lowest BCUT2D eigenvalue weighted by atomic mass is 9.92. The van der Waals surface area contributed by atoms with E-state index in [1.54, 1.807) is 0 Å². The minimum Gasteiger partial charge on any atom is -0.380 e. The SMILES string of the molecule is C[C@@H](CCc1nc(N)nc(C2=C(F)C(O)C(F)(F)CC2)n1)C(F)(F)F. The van der Waals surface area contributed by atoms with Crippen molar-refractivity contribution in [3.63, 3.8) is 0 Å². The molecule has 2 atom stereocenters. The number of aliphatic hydroxyl groups excluding tert-OH is 1. The molecule has 0 fully saturated rings. The van der Waals surface area contributed by atoms with Gasteiger partial charge in [0, 0.05) is 18.4 Å². The molecular weight excluding hydrogens is 354 g/mol. The summed E-state index contributed by atoms with van der Waals surface area (Å²) in [5, 5.41) is 9.33. The van der Waals surface area contributed by atoms with Crippen molar-refractivity contribution in [2.24, 2.45) is 5.92 Å². The van der Waals surface area contributed by atoms with Crippen LogP contribution in [0.4, 0.5) is 32.3 Å². The molecular formula is C14H16F6N4O. The van der Waals surface area contributed by atoms with Crippen LogP contribution >= 0.6 is 0 Å². The van der Waals surface area contributed by atoms with Gasteiger partial charge in [-0.15, -0.1) is 0 Å². The molecule has 140 valence electrons. The monoisotopic (exact) mass is 370 g/mol. The van der Waals surface area contributed by atoms with Gasteiger partial charge in [0.2, 0.25) is 5.95 Å². The molecule has 5 nitrogen and oxygen atoms in total. The first kappa shape index (κ1) is 19.4. The lowest BCUT2D eigenvalue weighted by Gasteiger charge is -2.27. The van der Waals surface area contributed by atoms with E-state index in [1.165, 1.54) is 0 Å². The van der Waals surface area contributed by atoms with Crippen LogP contribution in [-0.4, -0.2) is 38.3 Å². The normalized spacial score (nSPS) is 22.2. The van der Waals surface area contributed by atoms with Crippen molar-refractivity contribution < 1.29 is 31.4 Å². The summed E-state index contributed by atoms with van der Waals surface area (Å²) in [6.45, 7) is 0.993. The van der Waals surface area contributed by atoms with Crippen molar-refractivity contribution in [3.8, 4) is 0 Å². The molecule has 1 aromatic rings. The fourth-order valence-electron chi connectivity index (χ4n) is 2.31. The standard InChI is InChI=1S/C14H16F6N4O/c1-6(14(18,19)20)2-3-8-22-11(24-12(21)23-8)7-4-5-13(16,17)10(25)9(7)15/h6,10,25H,2-5H2,1H3,(H2,21,22,23,24)/t6-,10?/m0/s1. The highest BCUT2D eigenvalue weighted by Crippen LogP contribution is 2.40. The predicted octanol–water partition coefficient (Wildman–Crippen LogP) is 3.06. The molecule has 0 aromatic carbocycles. The molecule has 0 amide bonds. The van der Waals surface area contributed by atoms with Gasteiger partial charge in [0.05, 0.1) is 5.92 Å². The summed E-state index contributed by atoms with van der Waals surface area (Å²) in [4.78, 5) is 11.2. The van der Waals surface area contributed by atoms with Crippen LogP contribution in [0.3, 0.4) is 0 Å². The second-order valence-corrected chi connectivity index (χ2v) is 5.90. The minimum atomic E-state index is -4.38. The molecule has 2 rings (SSSR count). The van der Waals surface area contributed by atoms with Crippen LogP contribution in [0, 0.1) is 5.92 Å². The van der Waals surface area contributed by atoms with Crippen molar-refractivity contribution in [2.75, 3.05) is 5.73 Å². The Morgan fingerprint density at radius 1 is 1.28 bits per heavy atom. The number of nitrogens with two attached hydrogens (primary N) is 1. The van der Waals surface area contributed by atoms with Gasteiger partial charge in [-0.25, -0.2) is 18.2 Å². The molecule has 11 heteroatoms. The van der Waals surface area contributed by atoms with Crippen LogP contribution < -0.4 is 5.73 Å². The third-order valence-corrected chi connectivity index (χ3v) is 3.97. The number of nitrogens with zero attached hydrogens (tertiary/aromatic N) is 3. The summed E-state index contributed by atoms with van der Waals surface area (Å²) in [6, 6.07) is 0. The van der Waals surface area contributed by atoms with Gasteiger partial charge in [-0.2, -0.15) is 23.1 Å². The summed E-state index contributed by atoms with van der Waals surface area (Å²) in [5.41, 5.74) is 5.10. The number of nitrogen functional groups attached to an aromatic ring is 1. The average molecular weight is 370 g/mol. The largest absolute Gasteiger partial charge is 0.391 e. The molecule has 0 saturated heterocycles. The number of aliphatic hydroxyl groups is 1. The van der Waals surface area contributed by atoms with Gasteiger partial charge < -0.3 is 10.8 Å². The molecule has 1 unspecified atom stereocenters. The highest BCUT2D eigenvalue weighted by atomic mass is 19.4. The molecule has 0 saturated carbocycles. The highest BCUT2D eigenvalue weighted by molar-refractivity contribution is 5.64. The Balaban J connectivity index is 2.26. The predicted molar refractivity (Wildman–Crippen MR) is 76.0 cm³/mol. The zero-order chi connectivity index (χ0) is 19.0. The van der Waals surface area contributed by atoms with Gasteiger partial charge in [-0.3, -0.25) is 0 Å². The maximum Gasteiger partial charge on any atom is 0.391 e. The first-order chi connectivity index (χ1) is 11.4. The van der Waals surface area contributed by atoms with E-state index < -0.39 is 42.8 Å². The maximum absolute atomic E-state index is 14.0. The van der Waals surface area contributed by atoms with E-state index in [0.29, 0.717) is 0 Å². The maximum atomic E-state index is 14.0. The molecule has 1 aromatic heterocycles. The first-order valence-corrected chi connectivity index (χ1v) is 7.43. The van der Waals surface area contributed by atoms with Gasteiger partial charge in [0.25, 0.3) is 5.92 Å². The van der Waals surface area contributed by atoms with Crippen molar-refractivity contribution in [1.82, 2.24) is 15.0 Å². The van der Waals surface area contributed by atoms with Crippen LogP contribution in [0.25, 0.3) is 5.57 Å². The van der Waals surface area contributed by atoms with E-state index in [1.807, 2.05) is 0 Å². The molecule has 25 heavy (non-hydrogen) atoms. The Morgan fingerprint density at radius 3 is 2.52 bits per heavy atom. The van der Waals surface area contributed by atoms with E-state index >= 15 is 0 Å². The molecule has 3 N–H and O–H groups in total. The molecule has 0 bridgehead atoms. The Bertz CT molecular complexity index is 676. The van der Waals surface area contributed by atoms with Gasteiger partial charge in [0.1, 0.15) is 11.7 Å². The fraction of sp³-hybridized carbons (Fsp3) is 0.643. The Labute approximate surface area is 139 Å². The lowest BCUT2D eigenvalue weighted by molar-refractivity contribution is -0.171. The first-order valence-electron chi connectivity index (χ1n) is 7.43. The molecule has 1 aliphatic carbocycles. The number of halogens is 6. The minimum absolute atomic E-state index is 0.106. The Hall–Kier alpha value is -1.91. The van der Waals surface area contributed by atoms with Gasteiger partial charge in [0.15, 0.2) is 11.9 Å². The molecule has 1 aliphatic rings. The smallest absolute Gasteiger partial charge is 0.380 e. The van der Waals surface area contributed by atoms with Crippen molar-refractivity contribution in [1.29, 1.82) is 0 Å². The number of hydrogen-bond acceptors (Lipinski definition) is 5. The summed E-state index contributed by atoms with van der Waals surface area (Å²) >= 11 is 0. The van der Waals surface area contributed by atoms with Gasteiger partial charge in [-0.1, -0.05) is 6.92 Å². The number of hydrogen-bond donors (Lipinski definition) is 2. The molecule has 0 aliphatic heterocycles. The summed E-state index contributed by atoms with van der Waals surface area (Å²) in [5.74, 6) is -7.53. The molecule has 0 radical (unpaired) electrons. The number of aromatic nitrogens is 3. The topological polar surface area (TPSA) is 84.9 Å². The molecule has 1 heterocycles. The van der Waals surface area contributed by atoms with E-state index in [9.17, 15) is 31.4 Å². The number of allylic oxidation sites excluding steroid dienone is 1. The van der Waals surface area contributed by atoms with Crippen LogP contribution in [0.15, 0.2) is 5.83 Å². The fourth-order valence-corrected chi connectivity index (χ4v) is 2.31. The van der Waals surface area contributed by atoms with E-state index in [0.717, 1.165) is 6.92 Å². The van der Waals surface area contributed by atoms with E-state index in [2.05, 4.69) is 15.0 Å². The molecule has 0 spiro atoms. The van der Waals surface area contributed by atoms with Crippen LogP contribution in [-0.2, 0) is 6.42 Å². The average Bonchev–Trinajstić information content (AvgIpc) is 2.49. The summed E-state index contributed by atoms with van der Waals surface area (Å²) in [7, 11) is 0. The highest BCUT2D eigenvalue weighted by Gasteiger charge is 2.46. The lowest BCUT2D eigenvalue weighted by Crippen LogP contribution is -2.37. The summed E-state index contributed by atoms with van der Waals surface area (Å²) in [6.07, 6.45) is -8.79. The third-order valence-electron chi connectivity index (χ3n) is 3.97. The van der Waals surface area contributed by atoms with Crippen molar-refractivity contribution in [2.45, 2.75) is 50.8 Å². The second kappa shape index (κ2) is 6.77. The zero-order valence-corrected chi connectivity index (χ0v) is 13.1. The number of rotatable bonds is 4. The third kappa shape index (κ3) is 4.39.